The number of methoxy groups -OCH3 is 1. The molecule has 0 aliphatic heterocycles. The molecule has 0 unspecified atom stereocenters. The van der Waals surface area contributed by atoms with Crippen molar-refractivity contribution in [2.24, 2.45) is 0 Å². The van der Waals surface area contributed by atoms with Gasteiger partial charge in [0.1, 0.15) is 0 Å². The average Bonchev–Trinajstić information content (AvgIpc) is 2.93. The summed E-state index contributed by atoms with van der Waals surface area (Å²) in [5.41, 5.74) is 2.38. The van der Waals surface area contributed by atoms with Gasteiger partial charge in [0.15, 0.2) is 0 Å². The molecule has 3 N–H and O–H groups in total. The zero-order valence-corrected chi connectivity index (χ0v) is 11.7. The van der Waals surface area contributed by atoms with E-state index in [2.05, 4.69) is 33.8 Å². The van der Waals surface area contributed by atoms with Crippen LogP contribution < -0.4 is 10.6 Å². The highest BCUT2D eigenvalue weighted by Gasteiger charge is 2.02. The van der Waals surface area contributed by atoms with E-state index in [1.54, 1.807) is 7.11 Å². The van der Waals surface area contributed by atoms with E-state index in [9.17, 15) is 4.79 Å². The molecular formula is C15H21N3O2. The number of carbonyl (C=O) groups is 1. The third-order valence-corrected chi connectivity index (χ3v) is 3.16. The van der Waals surface area contributed by atoms with E-state index >= 15 is 0 Å². The quantitative estimate of drug-likeness (QED) is 0.638. The van der Waals surface area contributed by atoms with Gasteiger partial charge in [0.2, 0.25) is 5.91 Å². The van der Waals surface area contributed by atoms with Crippen molar-refractivity contribution in [2.45, 2.75) is 13.0 Å². The fourth-order valence-electron chi connectivity index (χ4n) is 2.11. The summed E-state index contributed by atoms with van der Waals surface area (Å²) in [5.74, 6) is 0.0504. The summed E-state index contributed by atoms with van der Waals surface area (Å²) in [6, 6.07) is 8.26. The monoisotopic (exact) mass is 275 g/mol. The van der Waals surface area contributed by atoms with Gasteiger partial charge in [0.05, 0.1) is 6.61 Å². The van der Waals surface area contributed by atoms with Crippen LogP contribution in [0, 0.1) is 0 Å². The first-order valence-corrected chi connectivity index (χ1v) is 6.82. The molecule has 0 aliphatic rings. The second-order valence-electron chi connectivity index (χ2n) is 4.63. The number of H-pyrrole nitrogens is 1. The average molecular weight is 275 g/mol. The third kappa shape index (κ3) is 4.08. The van der Waals surface area contributed by atoms with Crippen LogP contribution in [0.2, 0.25) is 0 Å². The Balaban J connectivity index is 1.71. The molecule has 0 radical (unpaired) electrons. The summed E-state index contributed by atoms with van der Waals surface area (Å²) in [7, 11) is 1.62. The van der Waals surface area contributed by atoms with Gasteiger partial charge < -0.3 is 20.4 Å². The molecule has 1 aromatic carbocycles. The van der Waals surface area contributed by atoms with Crippen molar-refractivity contribution in [1.82, 2.24) is 15.6 Å². The van der Waals surface area contributed by atoms with Gasteiger partial charge in [-0.1, -0.05) is 12.1 Å². The second-order valence-corrected chi connectivity index (χ2v) is 4.63. The number of nitrogens with one attached hydrogen (secondary N) is 3. The normalized spacial score (nSPS) is 10.8. The highest BCUT2D eigenvalue weighted by Crippen LogP contribution is 2.16. The van der Waals surface area contributed by atoms with Gasteiger partial charge in [-0.05, 0) is 17.7 Å². The Morgan fingerprint density at radius 3 is 3.05 bits per heavy atom. The zero-order valence-electron chi connectivity index (χ0n) is 11.7. The van der Waals surface area contributed by atoms with Crippen molar-refractivity contribution < 1.29 is 9.53 Å². The number of hydrogen-bond acceptors (Lipinski definition) is 3. The summed E-state index contributed by atoms with van der Waals surface area (Å²) >= 11 is 0. The topological polar surface area (TPSA) is 66.2 Å². The number of aromatic amines is 1. The Labute approximate surface area is 118 Å². The first kappa shape index (κ1) is 14.6. The van der Waals surface area contributed by atoms with Crippen LogP contribution in [-0.2, 0) is 16.1 Å². The van der Waals surface area contributed by atoms with Gasteiger partial charge in [-0.15, -0.1) is 0 Å². The number of benzene rings is 1. The minimum atomic E-state index is 0.0504. The Kier molecular flexibility index (Phi) is 5.58. The number of carbonyl (C=O) groups excluding carboxylic acids is 1. The molecule has 0 aliphatic carbocycles. The van der Waals surface area contributed by atoms with Crippen LogP contribution in [0.15, 0.2) is 30.5 Å². The van der Waals surface area contributed by atoms with Crippen molar-refractivity contribution in [3.63, 3.8) is 0 Å². The summed E-state index contributed by atoms with van der Waals surface area (Å²) in [6.45, 7) is 2.55. The molecule has 1 heterocycles. The predicted octanol–water partition coefficient (Wildman–Crippen LogP) is 1.41. The largest absolute Gasteiger partial charge is 0.383 e. The predicted molar refractivity (Wildman–Crippen MR) is 79.5 cm³/mol. The van der Waals surface area contributed by atoms with Gasteiger partial charge in [-0.2, -0.15) is 0 Å². The number of fused-ring (bicyclic) bond motifs is 1. The van der Waals surface area contributed by atoms with Gasteiger partial charge >= 0.3 is 0 Å². The molecule has 2 aromatic rings. The van der Waals surface area contributed by atoms with Gasteiger partial charge in [-0.3, -0.25) is 4.79 Å². The fourth-order valence-corrected chi connectivity index (χ4v) is 2.11. The SMILES string of the molecule is COCCNC(=O)CCNCc1cccc2[nH]ccc12. The van der Waals surface area contributed by atoms with Gasteiger partial charge in [0, 0.05) is 50.3 Å². The van der Waals surface area contributed by atoms with Crippen LogP contribution in [0.4, 0.5) is 0 Å². The van der Waals surface area contributed by atoms with E-state index in [4.69, 9.17) is 4.74 Å². The Hall–Kier alpha value is -1.85. The van der Waals surface area contributed by atoms with Crippen molar-refractivity contribution in [3.05, 3.63) is 36.0 Å². The van der Waals surface area contributed by atoms with E-state index in [1.165, 1.54) is 10.9 Å². The Morgan fingerprint density at radius 2 is 2.20 bits per heavy atom. The molecule has 1 amide bonds. The Bertz CT molecular complexity index is 551. The van der Waals surface area contributed by atoms with E-state index in [0.717, 1.165) is 12.1 Å². The van der Waals surface area contributed by atoms with Crippen molar-refractivity contribution in [1.29, 1.82) is 0 Å². The molecule has 2 rings (SSSR count). The molecule has 0 atom stereocenters. The van der Waals surface area contributed by atoms with Crippen molar-refractivity contribution in [2.75, 3.05) is 26.8 Å². The molecule has 0 spiro atoms. The molecule has 5 heteroatoms. The summed E-state index contributed by atoms with van der Waals surface area (Å²) in [6.07, 6.45) is 2.42. The molecule has 1 aromatic heterocycles. The summed E-state index contributed by atoms with van der Waals surface area (Å²) in [4.78, 5) is 14.7. The van der Waals surface area contributed by atoms with Crippen LogP contribution in [0.5, 0.6) is 0 Å². The van der Waals surface area contributed by atoms with Crippen molar-refractivity contribution in [3.8, 4) is 0 Å². The van der Waals surface area contributed by atoms with Crippen LogP contribution in [0.25, 0.3) is 10.9 Å². The smallest absolute Gasteiger partial charge is 0.221 e. The van der Waals surface area contributed by atoms with Crippen LogP contribution in [-0.4, -0.2) is 37.7 Å². The number of rotatable bonds is 8. The van der Waals surface area contributed by atoms with E-state index in [-0.39, 0.29) is 5.91 Å². The molecular weight excluding hydrogens is 254 g/mol. The minimum absolute atomic E-state index is 0.0504. The fraction of sp³-hybridized carbons (Fsp3) is 0.400. The lowest BCUT2D eigenvalue weighted by Crippen LogP contribution is -2.29. The molecule has 20 heavy (non-hydrogen) atoms. The lowest BCUT2D eigenvalue weighted by atomic mass is 10.1. The minimum Gasteiger partial charge on any atom is -0.383 e. The standard InChI is InChI=1S/C15H21N3O2/c1-20-10-9-18-15(19)6-7-16-11-12-3-2-4-14-13(12)5-8-17-14/h2-5,8,16-17H,6-7,9-11H2,1H3,(H,18,19). The molecule has 108 valence electrons. The number of hydrogen-bond donors (Lipinski definition) is 3. The molecule has 0 fully saturated rings. The maximum absolute atomic E-state index is 11.5. The van der Waals surface area contributed by atoms with Crippen LogP contribution in [0.1, 0.15) is 12.0 Å². The first-order valence-electron chi connectivity index (χ1n) is 6.82. The van der Waals surface area contributed by atoms with Gasteiger partial charge in [-0.25, -0.2) is 0 Å². The summed E-state index contributed by atoms with van der Waals surface area (Å²) in [5, 5.41) is 7.32. The summed E-state index contributed by atoms with van der Waals surface area (Å²) < 4.78 is 4.88. The molecule has 5 nitrogen and oxygen atoms in total. The molecule has 0 bridgehead atoms. The Morgan fingerprint density at radius 1 is 1.30 bits per heavy atom. The van der Waals surface area contributed by atoms with Gasteiger partial charge in [0.25, 0.3) is 0 Å². The third-order valence-electron chi connectivity index (χ3n) is 3.16. The highest BCUT2D eigenvalue weighted by atomic mass is 16.5. The highest BCUT2D eigenvalue weighted by molar-refractivity contribution is 5.82. The maximum atomic E-state index is 11.5. The zero-order chi connectivity index (χ0) is 14.2. The van der Waals surface area contributed by atoms with Crippen LogP contribution in [0.3, 0.4) is 0 Å². The lowest BCUT2D eigenvalue weighted by molar-refractivity contribution is -0.121. The lowest BCUT2D eigenvalue weighted by Gasteiger charge is -2.07. The molecule has 0 saturated carbocycles. The molecule has 0 saturated heterocycles. The van der Waals surface area contributed by atoms with Crippen LogP contribution >= 0.6 is 0 Å². The van der Waals surface area contributed by atoms with E-state index in [0.29, 0.717) is 26.1 Å². The second kappa shape index (κ2) is 7.67. The first-order chi connectivity index (χ1) is 9.81. The van der Waals surface area contributed by atoms with Crippen molar-refractivity contribution >= 4 is 16.8 Å². The maximum Gasteiger partial charge on any atom is 0.221 e. The van der Waals surface area contributed by atoms with E-state index < -0.39 is 0 Å². The number of aromatic nitrogens is 1. The number of ether oxygens (including phenoxy) is 1. The van der Waals surface area contributed by atoms with E-state index in [1.807, 2.05) is 12.3 Å². The number of amides is 1.